The highest BCUT2D eigenvalue weighted by molar-refractivity contribution is 7.89. The van der Waals surface area contributed by atoms with Gasteiger partial charge in [-0.05, 0) is 19.1 Å². The predicted octanol–water partition coefficient (Wildman–Crippen LogP) is 0.516. The van der Waals surface area contributed by atoms with Gasteiger partial charge in [0, 0.05) is 44.8 Å². The summed E-state index contributed by atoms with van der Waals surface area (Å²) in [5, 5.41) is 0. The van der Waals surface area contributed by atoms with Crippen molar-refractivity contribution in [3.8, 4) is 0 Å². The molecule has 144 valence electrons. The number of amides is 1. The summed E-state index contributed by atoms with van der Waals surface area (Å²) < 4.78 is 34.5. The third-order valence-corrected chi connectivity index (χ3v) is 6.89. The number of imidazole rings is 1. The lowest BCUT2D eigenvalue weighted by molar-refractivity contribution is 0.0299. The van der Waals surface area contributed by atoms with Gasteiger partial charge in [-0.15, -0.1) is 0 Å². The average Bonchev–Trinajstić information content (AvgIpc) is 3.14. The van der Waals surface area contributed by atoms with Gasteiger partial charge in [-0.2, -0.15) is 4.31 Å². The van der Waals surface area contributed by atoms with Crippen LogP contribution in [0.2, 0.25) is 0 Å². The number of aromatic nitrogens is 3. The van der Waals surface area contributed by atoms with E-state index in [1.807, 2.05) is 4.57 Å². The lowest BCUT2D eigenvalue weighted by atomic mass is 10.2. The molecule has 0 N–H and O–H groups in total. The lowest BCUT2D eigenvalue weighted by Gasteiger charge is -2.32. The Kier molecular flexibility index (Phi) is 4.70. The molecule has 1 saturated heterocycles. The smallest absolute Gasteiger partial charge is 0.274 e. The predicted molar refractivity (Wildman–Crippen MR) is 95.5 cm³/mol. The molecule has 9 nitrogen and oxygen atoms in total. The minimum absolute atomic E-state index is 0.144. The molecule has 2 aliphatic rings. The van der Waals surface area contributed by atoms with Crippen LogP contribution >= 0.6 is 0 Å². The second kappa shape index (κ2) is 7.02. The number of carbonyl (C=O) groups excluding carboxylic acids is 1. The fourth-order valence-corrected chi connectivity index (χ4v) is 5.01. The molecule has 27 heavy (non-hydrogen) atoms. The Bertz CT molecular complexity index is 937. The minimum atomic E-state index is -3.68. The van der Waals surface area contributed by atoms with Gasteiger partial charge in [-0.25, -0.2) is 13.4 Å². The highest BCUT2D eigenvalue weighted by Crippen LogP contribution is 2.30. The summed E-state index contributed by atoms with van der Waals surface area (Å²) in [6.45, 7) is 4.67. The molecular formula is C17H21N5O4S. The summed E-state index contributed by atoms with van der Waals surface area (Å²) >= 11 is 0. The summed E-state index contributed by atoms with van der Waals surface area (Å²) in [5.41, 5.74) is 0.347. The van der Waals surface area contributed by atoms with E-state index >= 15 is 0 Å². The molecule has 1 unspecified atom stereocenters. The maximum atomic E-state index is 13.0. The van der Waals surface area contributed by atoms with Gasteiger partial charge in [-0.1, -0.05) is 0 Å². The molecule has 1 amide bonds. The first-order chi connectivity index (χ1) is 13.0. The number of pyridine rings is 1. The lowest BCUT2D eigenvalue weighted by Crippen LogP contribution is -2.41. The van der Waals surface area contributed by atoms with Crippen LogP contribution in [0.1, 0.15) is 29.3 Å². The first-order valence-corrected chi connectivity index (χ1v) is 10.3. The van der Waals surface area contributed by atoms with Crippen molar-refractivity contribution in [2.45, 2.75) is 24.4 Å². The van der Waals surface area contributed by atoms with Crippen molar-refractivity contribution < 1.29 is 17.9 Å². The van der Waals surface area contributed by atoms with Crippen molar-refractivity contribution in [1.29, 1.82) is 0 Å². The number of fused-ring (bicyclic) bond motifs is 1. The summed E-state index contributed by atoms with van der Waals surface area (Å²) in [4.78, 5) is 22.9. The van der Waals surface area contributed by atoms with Crippen LogP contribution in [-0.2, 0) is 21.3 Å². The molecule has 0 bridgehead atoms. The van der Waals surface area contributed by atoms with Gasteiger partial charge in [0.2, 0.25) is 10.0 Å². The third-order valence-electron chi connectivity index (χ3n) is 4.93. The van der Waals surface area contributed by atoms with Crippen LogP contribution in [0.5, 0.6) is 0 Å². The van der Waals surface area contributed by atoms with Crippen molar-refractivity contribution in [3.05, 3.63) is 42.2 Å². The van der Waals surface area contributed by atoms with Crippen LogP contribution in [-0.4, -0.2) is 70.9 Å². The Hall–Kier alpha value is -2.30. The van der Waals surface area contributed by atoms with E-state index in [1.165, 1.54) is 22.8 Å². The average molecular weight is 391 g/mol. The molecular weight excluding hydrogens is 370 g/mol. The summed E-state index contributed by atoms with van der Waals surface area (Å²) in [6.07, 6.45) is 4.60. The molecule has 0 saturated carbocycles. The molecule has 10 heteroatoms. The number of rotatable bonds is 3. The Morgan fingerprint density at radius 1 is 1.22 bits per heavy atom. The Morgan fingerprint density at radius 2 is 2.00 bits per heavy atom. The fraction of sp³-hybridized carbons (Fsp3) is 0.471. The summed E-state index contributed by atoms with van der Waals surface area (Å²) in [7, 11) is -3.68. The largest absolute Gasteiger partial charge is 0.378 e. The van der Waals surface area contributed by atoms with Gasteiger partial charge in [0.05, 0.1) is 19.3 Å². The van der Waals surface area contributed by atoms with Crippen molar-refractivity contribution in [1.82, 2.24) is 23.7 Å². The van der Waals surface area contributed by atoms with Crippen LogP contribution in [0.4, 0.5) is 0 Å². The summed E-state index contributed by atoms with van der Waals surface area (Å²) in [6, 6.07) is 2.65. The van der Waals surface area contributed by atoms with E-state index in [0.29, 0.717) is 50.9 Å². The monoisotopic (exact) mass is 391 g/mol. The van der Waals surface area contributed by atoms with E-state index in [0.717, 1.165) is 0 Å². The normalized spacial score (nSPS) is 21.1. The second-order valence-electron chi connectivity index (χ2n) is 6.56. The van der Waals surface area contributed by atoms with Crippen molar-refractivity contribution >= 4 is 15.9 Å². The molecule has 2 aromatic heterocycles. The zero-order valence-corrected chi connectivity index (χ0v) is 15.8. The molecule has 0 spiro atoms. The number of nitrogens with zero attached hydrogens (tertiary/aromatic N) is 5. The zero-order chi connectivity index (χ0) is 19.0. The maximum Gasteiger partial charge on any atom is 0.274 e. The third kappa shape index (κ3) is 3.24. The fourth-order valence-electron chi connectivity index (χ4n) is 3.47. The van der Waals surface area contributed by atoms with Crippen LogP contribution < -0.4 is 0 Å². The van der Waals surface area contributed by atoms with Gasteiger partial charge in [0.15, 0.2) is 0 Å². The van der Waals surface area contributed by atoms with E-state index in [2.05, 4.69) is 9.97 Å². The highest BCUT2D eigenvalue weighted by atomic mass is 32.2. The number of carbonyl (C=O) groups is 1. The first-order valence-electron chi connectivity index (χ1n) is 8.84. The van der Waals surface area contributed by atoms with E-state index < -0.39 is 16.1 Å². The minimum Gasteiger partial charge on any atom is -0.378 e. The SMILES string of the molecule is CC1c2nc(C(=O)N3CCOCC3)cn2CCN1S(=O)(=O)c1cccnc1. The standard InChI is InChI=1S/C17H21N5O4S/c1-13-16-19-15(17(23)20-7-9-26-10-8-20)12-21(16)5-6-22(13)27(24,25)14-3-2-4-18-11-14/h2-4,11-13H,5-10H2,1H3. The van der Waals surface area contributed by atoms with Gasteiger partial charge < -0.3 is 14.2 Å². The molecule has 4 rings (SSSR count). The summed E-state index contributed by atoms with van der Waals surface area (Å²) in [5.74, 6) is 0.430. The van der Waals surface area contributed by atoms with Crippen LogP contribution in [0.25, 0.3) is 0 Å². The topological polar surface area (TPSA) is 97.6 Å². The molecule has 4 heterocycles. The molecule has 2 aromatic rings. The molecule has 2 aliphatic heterocycles. The van der Waals surface area contributed by atoms with Crippen LogP contribution in [0.3, 0.4) is 0 Å². The molecule has 0 radical (unpaired) electrons. The van der Waals surface area contributed by atoms with E-state index in [-0.39, 0.29) is 10.8 Å². The molecule has 0 aromatic carbocycles. The van der Waals surface area contributed by atoms with E-state index in [1.54, 1.807) is 24.1 Å². The van der Waals surface area contributed by atoms with Crippen molar-refractivity contribution in [3.63, 3.8) is 0 Å². The van der Waals surface area contributed by atoms with Gasteiger partial charge in [-0.3, -0.25) is 9.78 Å². The van der Waals surface area contributed by atoms with Gasteiger partial charge in [0.1, 0.15) is 16.4 Å². The Balaban J connectivity index is 1.60. The number of hydrogen-bond donors (Lipinski definition) is 0. The Labute approximate surface area is 157 Å². The van der Waals surface area contributed by atoms with Crippen LogP contribution in [0, 0.1) is 0 Å². The number of morpholine rings is 1. The van der Waals surface area contributed by atoms with Crippen molar-refractivity contribution in [2.75, 3.05) is 32.8 Å². The van der Waals surface area contributed by atoms with Gasteiger partial charge in [0.25, 0.3) is 5.91 Å². The number of sulfonamides is 1. The zero-order valence-electron chi connectivity index (χ0n) is 15.0. The molecule has 0 aliphatic carbocycles. The number of ether oxygens (including phenoxy) is 1. The second-order valence-corrected chi connectivity index (χ2v) is 8.45. The molecule has 1 fully saturated rings. The Morgan fingerprint density at radius 3 is 2.70 bits per heavy atom. The van der Waals surface area contributed by atoms with E-state index in [4.69, 9.17) is 4.74 Å². The van der Waals surface area contributed by atoms with Crippen LogP contribution in [0.15, 0.2) is 35.6 Å². The highest BCUT2D eigenvalue weighted by Gasteiger charge is 2.36. The number of hydrogen-bond acceptors (Lipinski definition) is 6. The first kappa shape index (κ1) is 18.1. The molecule has 1 atom stereocenters. The van der Waals surface area contributed by atoms with Crippen molar-refractivity contribution in [2.24, 2.45) is 0 Å². The maximum absolute atomic E-state index is 13.0. The van der Waals surface area contributed by atoms with E-state index in [9.17, 15) is 13.2 Å². The van der Waals surface area contributed by atoms with Gasteiger partial charge >= 0.3 is 0 Å². The quantitative estimate of drug-likeness (QED) is 0.756.